The average molecular weight is 405 g/mol. The summed E-state index contributed by atoms with van der Waals surface area (Å²) in [5, 5.41) is 7.54. The van der Waals surface area contributed by atoms with Crippen LogP contribution in [0.2, 0.25) is 0 Å². The Bertz CT molecular complexity index is 999. The lowest BCUT2D eigenvalue weighted by molar-refractivity contribution is -0.123. The Morgan fingerprint density at radius 1 is 1.13 bits per heavy atom. The summed E-state index contributed by atoms with van der Waals surface area (Å²) in [6.07, 6.45) is 10.6. The number of likely N-dealkylation sites (tertiary alicyclic amines) is 1. The molecule has 2 aliphatic rings. The van der Waals surface area contributed by atoms with E-state index in [9.17, 15) is 4.79 Å². The van der Waals surface area contributed by atoms with E-state index in [1.807, 2.05) is 12.4 Å². The average Bonchev–Trinajstić information content (AvgIpc) is 3.53. The van der Waals surface area contributed by atoms with E-state index in [1.54, 1.807) is 4.52 Å². The van der Waals surface area contributed by atoms with Crippen molar-refractivity contribution in [1.82, 2.24) is 29.8 Å². The van der Waals surface area contributed by atoms with Crippen LogP contribution < -0.4 is 5.32 Å². The minimum Gasteiger partial charge on any atom is -0.351 e. The third-order valence-corrected chi connectivity index (χ3v) is 6.33. The second-order valence-electron chi connectivity index (χ2n) is 8.57. The smallest absolute Gasteiger partial charge is 0.252 e. The molecule has 3 aromatic rings. The number of fused-ring (bicyclic) bond motifs is 1. The molecule has 7 nitrogen and oxygen atoms in total. The number of benzene rings is 1. The van der Waals surface area contributed by atoms with Crippen molar-refractivity contribution in [3.05, 3.63) is 60.2 Å². The van der Waals surface area contributed by atoms with Gasteiger partial charge in [-0.05, 0) is 56.3 Å². The van der Waals surface area contributed by atoms with Gasteiger partial charge in [0.2, 0.25) is 5.91 Å². The van der Waals surface area contributed by atoms with Crippen molar-refractivity contribution in [3.8, 4) is 0 Å². The van der Waals surface area contributed by atoms with Crippen LogP contribution in [0.15, 0.2) is 49.1 Å². The first-order chi connectivity index (χ1) is 14.8. The van der Waals surface area contributed by atoms with Gasteiger partial charge in [-0.25, -0.2) is 9.50 Å². The van der Waals surface area contributed by atoms with E-state index in [0.29, 0.717) is 11.7 Å². The number of rotatable bonds is 7. The summed E-state index contributed by atoms with van der Waals surface area (Å²) in [5.41, 5.74) is 2.51. The van der Waals surface area contributed by atoms with Crippen molar-refractivity contribution in [2.75, 3.05) is 19.6 Å². The second kappa shape index (κ2) is 8.52. The van der Waals surface area contributed by atoms with Crippen molar-refractivity contribution < 1.29 is 4.79 Å². The van der Waals surface area contributed by atoms with Crippen molar-refractivity contribution >= 4 is 11.7 Å². The highest BCUT2D eigenvalue weighted by atomic mass is 16.2. The predicted octanol–water partition coefficient (Wildman–Crippen LogP) is 2.44. The zero-order chi connectivity index (χ0) is 20.3. The van der Waals surface area contributed by atoms with Crippen LogP contribution in [-0.2, 0) is 11.2 Å². The molecule has 0 radical (unpaired) electrons. The van der Waals surface area contributed by atoms with Crippen LogP contribution in [0, 0.1) is 5.92 Å². The van der Waals surface area contributed by atoms with E-state index in [-0.39, 0.29) is 17.9 Å². The third-order valence-electron chi connectivity index (χ3n) is 6.33. The molecule has 30 heavy (non-hydrogen) atoms. The van der Waals surface area contributed by atoms with Gasteiger partial charge in [-0.1, -0.05) is 30.3 Å². The summed E-state index contributed by atoms with van der Waals surface area (Å²) in [7, 11) is 0. The predicted molar refractivity (Wildman–Crippen MR) is 114 cm³/mol. The van der Waals surface area contributed by atoms with E-state index >= 15 is 0 Å². The Hall–Kier alpha value is -2.80. The zero-order valence-electron chi connectivity index (χ0n) is 17.2. The number of aromatic nitrogens is 4. The molecular formula is C23H28N6O. The Kier molecular flexibility index (Phi) is 5.45. The summed E-state index contributed by atoms with van der Waals surface area (Å²) in [4.78, 5) is 23.4. The molecule has 1 aromatic carbocycles. The number of nitrogens with one attached hydrogen (secondary N) is 1. The minimum atomic E-state index is 0.183. The van der Waals surface area contributed by atoms with E-state index in [1.165, 1.54) is 17.5 Å². The van der Waals surface area contributed by atoms with E-state index in [2.05, 4.69) is 55.6 Å². The van der Waals surface area contributed by atoms with Gasteiger partial charge >= 0.3 is 0 Å². The fraction of sp³-hybridized carbons (Fsp3) is 0.478. The highest BCUT2D eigenvalue weighted by Crippen LogP contribution is 2.32. The molecule has 7 heteroatoms. The van der Waals surface area contributed by atoms with Crippen molar-refractivity contribution in [2.24, 2.45) is 5.92 Å². The molecule has 3 heterocycles. The number of piperidine rings is 1. The molecule has 2 atom stereocenters. The van der Waals surface area contributed by atoms with Crippen LogP contribution in [0.25, 0.3) is 5.78 Å². The van der Waals surface area contributed by atoms with Crippen LogP contribution >= 0.6 is 0 Å². The maximum absolute atomic E-state index is 12.5. The molecule has 1 N–H and O–H groups in total. The quantitative estimate of drug-likeness (QED) is 0.655. The molecule has 156 valence electrons. The lowest BCUT2D eigenvalue weighted by Gasteiger charge is -2.39. The van der Waals surface area contributed by atoms with Crippen molar-refractivity contribution in [3.63, 3.8) is 0 Å². The number of nitrogens with zero attached hydrogens (tertiary/aromatic N) is 5. The fourth-order valence-corrected chi connectivity index (χ4v) is 4.51. The normalized spacial score (nSPS) is 22.3. The Labute approximate surface area is 176 Å². The van der Waals surface area contributed by atoms with Gasteiger partial charge in [0.05, 0.1) is 0 Å². The highest BCUT2D eigenvalue weighted by Gasteiger charge is 2.35. The van der Waals surface area contributed by atoms with E-state index in [4.69, 9.17) is 0 Å². The molecule has 1 aliphatic heterocycles. The monoisotopic (exact) mass is 404 g/mol. The van der Waals surface area contributed by atoms with Crippen molar-refractivity contribution in [1.29, 1.82) is 0 Å². The Morgan fingerprint density at radius 2 is 2.00 bits per heavy atom. The van der Waals surface area contributed by atoms with Gasteiger partial charge in [0, 0.05) is 36.8 Å². The lowest BCUT2D eigenvalue weighted by atomic mass is 9.85. The molecule has 0 spiro atoms. The van der Waals surface area contributed by atoms with Crippen LogP contribution in [0.3, 0.4) is 0 Å². The summed E-state index contributed by atoms with van der Waals surface area (Å²) in [5.74, 6) is 1.52. The van der Waals surface area contributed by atoms with Crippen LogP contribution in [0.1, 0.15) is 42.7 Å². The van der Waals surface area contributed by atoms with Crippen LogP contribution in [0.5, 0.6) is 0 Å². The van der Waals surface area contributed by atoms with Gasteiger partial charge in [-0.3, -0.25) is 4.79 Å². The SMILES string of the molecule is O=C(N[C@@H]1CN(CCCc2cnc3ncnn3c2)CC[C@H]1c1ccccc1)C1CC1. The molecular weight excluding hydrogens is 376 g/mol. The molecule has 2 aromatic heterocycles. The summed E-state index contributed by atoms with van der Waals surface area (Å²) in [6.45, 7) is 3.00. The second-order valence-corrected chi connectivity index (χ2v) is 8.57. The number of hydrogen-bond donors (Lipinski definition) is 1. The Balaban J connectivity index is 1.20. The molecule has 5 rings (SSSR count). The van der Waals surface area contributed by atoms with E-state index < -0.39 is 0 Å². The van der Waals surface area contributed by atoms with Gasteiger partial charge in [-0.15, -0.1) is 0 Å². The zero-order valence-corrected chi connectivity index (χ0v) is 17.2. The van der Waals surface area contributed by atoms with E-state index in [0.717, 1.165) is 51.7 Å². The first kappa shape index (κ1) is 19.2. The van der Waals surface area contributed by atoms with Gasteiger partial charge in [-0.2, -0.15) is 10.1 Å². The van der Waals surface area contributed by atoms with Crippen LogP contribution in [0.4, 0.5) is 0 Å². The maximum atomic E-state index is 12.5. The molecule has 0 bridgehead atoms. The third kappa shape index (κ3) is 4.36. The number of aryl methyl sites for hydroxylation is 1. The van der Waals surface area contributed by atoms with Gasteiger partial charge in [0.25, 0.3) is 5.78 Å². The summed E-state index contributed by atoms with van der Waals surface area (Å²) < 4.78 is 1.73. The number of carbonyl (C=O) groups excluding carboxylic acids is 1. The topological polar surface area (TPSA) is 75.4 Å². The van der Waals surface area contributed by atoms with Gasteiger partial charge in [0.15, 0.2) is 0 Å². The molecule has 1 amide bonds. The summed E-state index contributed by atoms with van der Waals surface area (Å²) >= 11 is 0. The minimum absolute atomic E-state index is 0.183. The number of hydrogen-bond acceptors (Lipinski definition) is 5. The largest absolute Gasteiger partial charge is 0.351 e. The first-order valence-corrected chi connectivity index (χ1v) is 11.0. The fourth-order valence-electron chi connectivity index (χ4n) is 4.51. The number of amides is 1. The molecule has 0 unspecified atom stereocenters. The molecule has 1 saturated carbocycles. The lowest BCUT2D eigenvalue weighted by Crippen LogP contribution is -2.52. The standard InChI is InChI=1S/C23H28N6O/c30-22(19-8-9-19)27-21-15-28(12-10-20(21)18-6-2-1-3-7-18)11-4-5-17-13-24-23-25-16-26-29(23)14-17/h1-3,6-7,13-14,16,19-21H,4-5,8-12,15H2,(H,27,30)/t20-,21+/m0/s1. The molecule has 1 aliphatic carbocycles. The van der Waals surface area contributed by atoms with Gasteiger partial charge in [0.1, 0.15) is 6.33 Å². The molecule has 1 saturated heterocycles. The highest BCUT2D eigenvalue weighted by molar-refractivity contribution is 5.81. The maximum Gasteiger partial charge on any atom is 0.252 e. The van der Waals surface area contributed by atoms with Crippen molar-refractivity contribution in [2.45, 2.75) is 44.1 Å². The first-order valence-electron chi connectivity index (χ1n) is 11.0. The molecule has 2 fully saturated rings. The number of carbonyl (C=O) groups is 1. The van der Waals surface area contributed by atoms with Crippen LogP contribution in [-0.4, -0.2) is 56.1 Å². The van der Waals surface area contributed by atoms with Gasteiger partial charge < -0.3 is 10.2 Å². The Morgan fingerprint density at radius 3 is 2.83 bits per heavy atom. The summed E-state index contributed by atoms with van der Waals surface area (Å²) in [6, 6.07) is 10.8.